The van der Waals surface area contributed by atoms with Crippen molar-refractivity contribution in [1.29, 1.82) is 0 Å². The van der Waals surface area contributed by atoms with E-state index in [9.17, 15) is 5.11 Å². The first-order chi connectivity index (χ1) is 8.77. The van der Waals surface area contributed by atoms with Gasteiger partial charge in [0.05, 0.1) is 17.9 Å². The molecule has 1 aromatic carbocycles. The molecule has 3 rings (SSSR count). The van der Waals surface area contributed by atoms with Crippen molar-refractivity contribution in [1.82, 2.24) is 0 Å². The van der Waals surface area contributed by atoms with Crippen LogP contribution in [0.1, 0.15) is 32.1 Å². The second-order valence-corrected chi connectivity index (χ2v) is 5.52. The summed E-state index contributed by atoms with van der Waals surface area (Å²) in [6.45, 7) is 2.48. The van der Waals surface area contributed by atoms with Crippen molar-refractivity contribution >= 4 is 5.69 Å². The molecular formula is C15H21NO2. The van der Waals surface area contributed by atoms with E-state index in [0.717, 1.165) is 63.2 Å². The Bertz CT molecular complexity index is 413. The highest BCUT2D eigenvalue weighted by atomic mass is 16.5. The van der Waals surface area contributed by atoms with Gasteiger partial charge in [0.15, 0.2) is 0 Å². The highest BCUT2D eigenvalue weighted by Gasteiger charge is 2.34. The van der Waals surface area contributed by atoms with Gasteiger partial charge in [-0.15, -0.1) is 0 Å². The number of anilines is 1. The molecule has 0 unspecified atom stereocenters. The molecule has 18 heavy (non-hydrogen) atoms. The molecule has 98 valence electrons. The molecule has 0 saturated heterocycles. The van der Waals surface area contributed by atoms with Gasteiger partial charge in [0.1, 0.15) is 5.75 Å². The minimum atomic E-state index is -0.489. The topological polar surface area (TPSA) is 32.7 Å². The van der Waals surface area contributed by atoms with E-state index in [2.05, 4.69) is 11.0 Å². The number of hydrogen-bond donors (Lipinski definition) is 1. The fraction of sp³-hybridized carbons (Fsp3) is 0.600. The van der Waals surface area contributed by atoms with E-state index in [4.69, 9.17) is 4.74 Å². The molecule has 0 bridgehead atoms. The molecule has 1 heterocycles. The molecule has 0 aromatic heterocycles. The van der Waals surface area contributed by atoms with Crippen LogP contribution in [0.3, 0.4) is 0 Å². The predicted molar refractivity (Wildman–Crippen MR) is 72.2 cm³/mol. The summed E-state index contributed by atoms with van der Waals surface area (Å²) in [6, 6.07) is 8.16. The first-order valence-corrected chi connectivity index (χ1v) is 6.96. The van der Waals surface area contributed by atoms with Crippen molar-refractivity contribution in [2.45, 2.75) is 37.7 Å². The zero-order valence-corrected chi connectivity index (χ0v) is 10.8. The van der Waals surface area contributed by atoms with Crippen LogP contribution < -0.4 is 9.64 Å². The second kappa shape index (κ2) is 4.81. The maximum atomic E-state index is 10.6. The summed E-state index contributed by atoms with van der Waals surface area (Å²) in [5.74, 6) is 0.955. The van der Waals surface area contributed by atoms with Crippen molar-refractivity contribution in [2.24, 2.45) is 0 Å². The summed E-state index contributed by atoms with van der Waals surface area (Å²) in [5.41, 5.74) is 0.646. The van der Waals surface area contributed by atoms with Gasteiger partial charge in [0.2, 0.25) is 0 Å². The smallest absolute Gasteiger partial charge is 0.142 e. The van der Waals surface area contributed by atoms with Gasteiger partial charge in [-0.05, 0) is 31.4 Å². The monoisotopic (exact) mass is 247 g/mol. The Labute approximate surface area is 108 Å². The van der Waals surface area contributed by atoms with Crippen LogP contribution in [0.25, 0.3) is 0 Å². The Hall–Kier alpha value is -1.22. The summed E-state index contributed by atoms with van der Waals surface area (Å²) in [6.07, 6.45) is 5.20. The second-order valence-electron chi connectivity index (χ2n) is 5.52. The summed E-state index contributed by atoms with van der Waals surface area (Å²) in [4.78, 5) is 2.30. The molecule has 3 nitrogen and oxygen atoms in total. The number of β-amino-alcohol motifs (C(OH)–C–C–N with tert-alkyl or cyclic N) is 1. The molecule has 1 aromatic rings. The van der Waals surface area contributed by atoms with E-state index in [-0.39, 0.29) is 0 Å². The molecule has 0 radical (unpaired) electrons. The highest BCUT2D eigenvalue weighted by Crippen LogP contribution is 2.35. The van der Waals surface area contributed by atoms with Gasteiger partial charge >= 0.3 is 0 Å². The van der Waals surface area contributed by atoms with Crippen LogP contribution in [-0.4, -0.2) is 30.4 Å². The van der Waals surface area contributed by atoms with Crippen molar-refractivity contribution in [2.75, 3.05) is 24.6 Å². The van der Waals surface area contributed by atoms with Gasteiger partial charge in [-0.3, -0.25) is 0 Å². The molecule has 0 spiro atoms. The number of benzene rings is 1. The molecule has 0 amide bonds. The van der Waals surface area contributed by atoms with E-state index < -0.39 is 5.60 Å². The number of fused-ring (bicyclic) bond motifs is 1. The average Bonchev–Trinajstić information content (AvgIpc) is 2.70. The van der Waals surface area contributed by atoms with Gasteiger partial charge in [0, 0.05) is 13.1 Å². The zero-order chi connectivity index (χ0) is 12.4. The third kappa shape index (κ3) is 2.32. The lowest BCUT2D eigenvalue weighted by Gasteiger charge is -2.32. The van der Waals surface area contributed by atoms with Crippen molar-refractivity contribution in [3.63, 3.8) is 0 Å². The van der Waals surface area contributed by atoms with Gasteiger partial charge in [-0.2, -0.15) is 0 Å². The van der Waals surface area contributed by atoms with Crippen LogP contribution in [0.5, 0.6) is 5.75 Å². The van der Waals surface area contributed by atoms with Gasteiger partial charge < -0.3 is 14.7 Å². The van der Waals surface area contributed by atoms with Crippen molar-refractivity contribution in [3.8, 4) is 5.75 Å². The molecule has 1 fully saturated rings. The normalized spacial score (nSPS) is 22.2. The number of nitrogens with zero attached hydrogens (tertiary/aromatic N) is 1. The molecule has 1 saturated carbocycles. The fourth-order valence-corrected chi connectivity index (χ4v) is 3.11. The SMILES string of the molecule is OC1(CN2CCCOc3ccccc32)CCCC1. The Morgan fingerprint density at radius 2 is 1.94 bits per heavy atom. The number of ether oxygens (including phenoxy) is 1. The summed E-state index contributed by atoms with van der Waals surface area (Å²) in [5, 5.41) is 10.6. The van der Waals surface area contributed by atoms with Crippen LogP contribution >= 0.6 is 0 Å². The minimum Gasteiger partial charge on any atom is -0.491 e. The highest BCUT2D eigenvalue weighted by molar-refractivity contribution is 5.59. The Balaban J connectivity index is 1.83. The van der Waals surface area contributed by atoms with Crippen LogP contribution in [-0.2, 0) is 0 Å². The molecule has 2 aliphatic rings. The Morgan fingerprint density at radius 3 is 2.78 bits per heavy atom. The van der Waals surface area contributed by atoms with Gasteiger partial charge in [-0.25, -0.2) is 0 Å². The van der Waals surface area contributed by atoms with Crippen molar-refractivity contribution < 1.29 is 9.84 Å². The average molecular weight is 247 g/mol. The first-order valence-electron chi connectivity index (χ1n) is 6.96. The maximum absolute atomic E-state index is 10.6. The number of para-hydroxylation sites is 2. The molecule has 0 atom stereocenters. The van der Waals surface area contributed by atoms with Crippen LogP contribution in [0.15, 0.2) is 24.3 Å². The zero-order valence-electron chi connectivity index (χ0n) is 10.8. The van der Waals surface area contributed by atoms with Crippen LogP contribution in [0.4, 0.5) is 5.69 Å². The Kier molecular flexibility index (Phi) is 3.16. The molecule has 1 aliphatic heterocycles. The number of hydrogen-bond acceptors (Lipinski definition) is 3. The van der Waals surface area contributed by atoms with Crippen molar-refractivity contribution in [3.05, 3.63) is 24.3 Å². The fourth-order valence-electron chi connectivity index (χ4n) is 3.11. The lowest BCUT2D eigenvalue weighted by Crippen LogP contribution is -2.41. The maximum Gasteiger partial charge on any atom is 0.142 e. The van der Waals surface area contributed by atoms with Gasteiger partial charge in [0.25, 0.3) is 0 Å². The summed E-state index contributed by atoms with van der Waals surface area (Å²) < 4.78 is 5.75. The first kappa shape index (κ1) is 11.8. The van der Waals surface area contributed by atoms with E-state index in [1.807, 2.05) is 18.2 Å². The number of rotatable bonds is 2. The van der Waals surface area contributed by atoms with E-state index in [1.165, 1.54) is 0 Å². The summed E-state index contributed by atoms with van der Waals surface area (Å²) >= 11 is 0. The van der Waals surface area contributed by atoms with E-state index in [0.29, 0.717) is 0 Å². The van der Waals surface area contributed by atoms with Gasteiger partial charge in [-0.1, -0.05) is 25.0 Å². The third-order valence-electron chi connectivity index (χ3n) is 4.06. The lowest BCUT2D eigenvalue weighted by molar-refractivity contribution is 0.0548. The summed E-state index contributed by atoms with van der Waals surface area (Å²) in [7, 11) is 0. The van der Waals surface area contributed by atoms with Crippen LogP contribution in [0, 0.1) is 0 Å². The van der Waals surface area contributed by atoms with E-state index >= 15 is 0 Å². The molecule has 3 heteroatoms. The molecular weight excluding hydrogens is 226 g/mol. The third-order valence-corrected chi connectivity index (χ3v) is 4.06. The molecule has 1 aliphatic carbocycles. The van der Waals surface area contributed by atoms with Crippen LogP contribution in [0.2, 0.25) is 0 Å². The standard InChI is InChI=1S/C15H21NO2/c17-15(8-3-4-9-15)12-16-10-5-11-18-14-7-2-1-6-13(14)16/h1-2,6-7,17H,3-5,8-12H2. The predicted octanol–water partition coefficient (Wildman–Crippen LogP) is 2.58. The van der Waals surface area contributed by atoms with E-state index in [1.54, 1.807) is 0 Å². The number of aliphatic hydroxyl groups is 1. The molecule has 1 N–H and O–H groups in total. The quantitative estimate of drug-likeness (QED) is 0.872. The Morgan fingerprint density at radius 1 is 1.17 bits per heavy atom. The minimum absolute atomic E-state index is 0.489. The largest absolute Gasteiger partial charge is 0.491 e. The lowest BCUT2D eigenvalue weighted by atomic mass is 10.0.